The van der Waals surface area contributed by atoms with Gasteiger partial charge in [-0.15, -0.1) is 0 Å². The van der Waals surface area contributed by atoms with Crippen molar-refractivity contribution in [2.75, 3.05) is 0 Å². The van der Waals surface area contributed by atoms with Gasteiger partial charge < -0.3 is 25.6 Å². The topological polar surface area (TPSA) is 125 Å². The Hall–Kier alpha value is -3.10. The first-order chi connectivity index (χ1) is 14.3. The van der Waals surface area contributed by atoms with Crippen molar-refractivity contribution in [3.8, 4) is 0 Å². The number of halogens is 1. The Balaban J connectivity index is 1.98. The quantitative estimate of drug-likeness (QED) is 0.479. The van der Waals surface area contributed by atoms with E-state index in [1.807, 2.05) is 6.07 Å². The van der Waals surface area contributed by atoms with Gasteiger partial charge in [0.1, 0.15) is 18.7 Å². The molecule has 0 heterocycles. The maximum Gasteiger partial charge on any atom is 0.408 e. The zero-order valence-electron chi connectivity index (χ0n) is 16.2. The van der Waals surface area contributed by atoms with Crippen molar-refractivity contribution in [2.24, 2.45) is 0 Å². The molecule has 0 saturated heterocycles. The van der Waals surface area contributed by atoms with Crippen LogP contribution >= 0.6 is 11.6 Å². The molecule has 0 saturated carbocycles. The molecule has 8 nitrogen and oxygen atoms in total. The number of aliphatic hydroxyl groups excluding tert-OH is 1. The number of aliphatic hydroxyl groups is 1. The van der Waals surface area contributed by atoms with E-state index in [0.717, 1.165) is 5.56 Å². The minimum Gasteiger partial charge on any atom is -0.480 e. The summed E-state index contributed by atoms with van der Waals surface area (Å²) in [5, 5.41) is 24.4. The molecule has 3 atom stereocenters. The van der Waals surface area contributed by atoms with E-state index in [4.69, 9.17) is 16.3 Å². The van der Waals surface area contributed by atoms with Crippen molar-refractivity contribution in [3.63, 3.8) is 0 Å². The Labute approximate surface area is 178 Å². The summed E-state index contributed by atoms with van der Waals surface area (Å²) < 4.78 is 5.05. The Kier molecular flexibility index (Phi) is 8.64. The minimum absolute atomic E-state index is 0.0205. The highest BCUT2D eigenvalue weighted by Crippen LogP contribution is 2.13. The number of ether oxygens (including phenoxy) is 1. The average molecular weight is 435 g/mol. The zero-order chi connectivity index (χ0) is 22.1. The lowest BCUT2D eigenvalue weighted by molar-refractivity contribution is -0.142. The molecule has 0 aliphatic heterocycles. The highest BCUT2D eigenvalue weighted by molar-refractivity contribution is 6.30. The molecule has 0 aliphatic rings. The summed E-state index contributed by atoms with van der Waals surface area (Å²) in [4.78, 5) is 36.1. The molecule has 4 N–H and O–H groups in total. The molecule has 2 amide bonds. The van der Waals surface area contributed by atoms with E-state index in [0.29, 0.717) is 10.6 Å². The molecule has 9 heteroatoms. The fraction of sp³-hybridized carbons (Fsp3) is 0.286. The van der Waals surface area contributed by atoms with Crippen molar-refractivity contribution in [2.45, 2.75) is 38.1 Å². The molecule has 2 aromatic rings. The number of carbonyl (C=O) groups excluding carboxylic acids is 2. The van der Waals surface area contributed by atoms with Crippen molar-refractivity contribution in [1.29, 1.82) is 0 Å². The summed E-state index contributed by atoms with van der Waals surface area (Å²) in [5.74, 6) is -2.12. The van der Waals surface area contributed by atoms with Crippen molar-refractivity contribution in [3.05, 3.63) is 70.7 Å². The molecule has 0 bridgehead atoms. The van der Waals surface area contributed by atoms with Crippen LogP contribution in [0.15, 0.2) is 54.6 Å². The van der Waals surface area contributed by atoms with Gasteiger partial charge in [0.25, 0.3) is 0 Å². The van der Waals surface area contributed by atoms with Gasteiger partial charge in [0.2, 0.25) is 5.91 Å². The third-order valence-corrected chi connectivity index (χ3v) is 4.43. The normalized spacial score (nSPS) is 13.6. The maximum absolute atomic E-state index is 12.5. The van der Waals surface area contributed by atoms with Crippen molar-refractivity contribution >= 4 is 29.6 Å². The minimum atomic E-state index is -1.39. The van der Waals surface area contributed by atoms with Crippen molar-refractivity contribution in [1.82, 2.24) is 10.6 Å². The van der Waals surface area contributed by atoms with Crippen LogP contribution in [0.3, 0.4) is 0 Å². The van der Waals surface area contributed by atoms with Crippen LogP contribution in [0.25, 0.3) is 0 Å². The number of carboxylic acid groups (broad SMARTS) is 1. The van der Waals surface area contributed by atoms with Crippen LogP contribution in [0.4, 0.5) is 4.79 Å². The first-order valence-corrected chi connectivity index (χ1v) is 9.57. The standard InChI is InChI=1S/C21H23ClN2O6/c1-13(25)18(24-21(29)30-12-14-6-3-2-4-7-14)19(26)23-17(20(27)28)11-15-8-5-9-16(22)10-15/h2-10,13,17-18,25H,11-12H2,1H3,(H,23,26)(H,24,29)(H,27,28)/t13-,17+,18+/m1/s1. The van der Waals surface area contributed by atoms with Gasteiger partial charge in [-0.25, -0.2) is 9.59 Å². The van der Waals surface area contributed by atoms with E-state index >= 15 is 0 Å². The van der Waals surface area contributed by atoms with Gasteiger partial charge in [0, 0.05) is 11.4 Å². The van der Waals surface area contributed by atoms with E-state index in [1.54, 1.807) is 48.5 Å². The Morgan fingerprint density at radius 3 is 2.30 bits per heavy atom. The summed E-state index contributed by atoms with van der Waals surface area (Å²) in [7, 11) is 0. The van der Waals surface area contributed by atoms with Crippen LogP contribution in [0.1, 0.15) is 18.1 Å². The highest BCUT2D eigenvalue weighted by atomic mass is 35.5. The SMILES string of the molecule is C[C@@H](O)[C@H](NC(=O)OCc1ccccc1)C(=O)N[C@@H](Cc1cccc(Cl)c1)C(=O)O. The molecule has 2 aromatic carbocycles. The molecule has 0 unspecified atom stereocenters. The largest absolute Gasteiger partial charge is 0.480 e. The van der Waals surface area contributed by atoms with Crippen LogP contribution in [-0.2, 0) is 27.4 Å². The lowest BCUT2D eigenvalue weighted by Crippen LogP contribution is -2.56. The number of alkyl carbamates (subject to hydrolysis) is 1. The first kappa shape index (κ1) is 23.2. The van der Waals surface area contributed by atoms with Crippen LogP contribution in [0, 0.1) is 0 Å². The lowest BCUT2D eigenvalue weighted by atomic mass is 10.0. The van der Waals surface area contributed by atoms with Gasteiger partial charge in [-0.2, -0.15) is 0 Å². The molecule has 0 fully saturated rings. The smallest absolute Gasteiger partial charge is 0.408 e. The fourth-order valence-electron chi connectivity index (χ4n) is 2.66. The number of hydrogen-bond acceptors (Lipinski definition) is 5. The van der Waals surface area contributed by atoms with E-state index in [-0.39, 0.29) is 13.0 Å². The average Bonchev–Trinajstić information content (AvgIpc) is 2.70. The number of nitrogens with one attached hydrogen (secondary N) is 2. The zero-order valence-corrected chi connectivity index (χ0v) is 17.0. The molecule has 30 heavy (non-hydrogen) atoms. The van der Waals surface area contributed by atoms with E-state index in [9.17, 15) is 24.6 Å². The number of aliphatic carboxylic acids is 1. The number of amides is 2. The third kappa shape index (κ3) is 7.38. The highest BCUT2D eigenvalue weighted by Gasteiger charge is 2.30. The molecule has 0 aliphatic carbocycles. The predicted octanol–water partition coefficient (Wildman–Crippen LogP) is 2.13. The second-order valence-electron chi connectivity index (χ2n) is 6.66. The molecule has 160 valence electrons. The van der Waals surface area contributed by atoms with Gasteiger partial charge in [0.15, 0.2) is 0 Å². The van der Waals surface area contributed by atoms with E-state index < -0.39 is 36.2 Å². The second-order valence-corrected chi connectivity index (χ2v) is 7.09. The third-order valence-electron chi connectivity index (χ3n) is 4.19. The molecule has 2 rings (SSSR count). The Morgan fingerprint density at radius 1 is 1.03 bits per heavy atom. The van der Waals surface area contributed by atoms with Crippen LogP contribution < -0.4 is 10.6 Å². The number of carbonyl (C=O) groups is 3. The van der Waals surface area contributed by atoms with Crippen molar-refractivity contribution < 1.29 is 29.3 Å². The first-order valence-electron chi connectivity index (χ1n) is 9.19. The Bertz CT molecular complexity index is 875. The number of carboxylic acids is 1. The molecule has 0 spiro atoms. The van der Waals surface area contributed by atoms with E-state index in [1.165, 1.54) is 6.92 Å². The van der Waals surface area contributed by atoms with Gasteiger partial charge in [-0.3, -0.25) is 4.79 Å². The summed E-state index contributed by atoms with van der Waals surface area (Å²) in [6.45, 7) is 1.28. The van der Waals surface area contributed by atoms with Crippen LogP contribution in [0.2, 0.25) is 5.02 Å². The van der Waals surface area contributed by atoms with Gasteiger partial charge in [0.05, 0.1) is 6.10 Å². The monoisotopic (exact) mass is 434 g/mol. The number of benzene rings is 2. The van der Waals surface area contributed by atoms with E-state index in [2.05, 4.69) is 10.6 Å². The Morgan fingerprint density at radius 2 is 1.70 bits per heavy atom. The summed E-state index contributed by atoms with van der Waals surface area (Å²) in [6.07, 6.45) is -2.22. The summed E-state index contributed by atoms with van der Waals surface area (Å²) >= 11 is 5.91. The summed E-state index contributed by atoms with van der Waals surface area (Å²) in [5.41, 5.74) is 1.36. The lowest BCUT2D eigenvalue weighted by Gasteiger charge is -2.23. The fourth-order valence-corrected chi connectivity index (χ4v) is 2.87. The van der Waals surface area contributed by atoms with Gasteiger partial charge >= 0.3 is 12.1 Å². The molecule has 0 radical (unpaired) electrons. The summed E-state index contributed by atoms with van der Waals surface area (Å²) in [6, 6.07) is 12.8. The molecule has 0 aromatic heterocycles. The molecular formula is C21H23ClN2O6. The second kappa shape index (κ2) is 11.2. The maximum atomic E-state index is 12.5. The van der Waals surface area contributed by atoms with Gasteiger partial charge in [-0.05, 0) is 30.2 Å². The van der Waals surface area contributed by atoms with Crippen LogP contribution in [-0.4, -0.2) is 46.4 Å². The van der Waals surface area contributed by atoms with Gasteiger partial charge in [-0.1, -0.05) is 54.1 Å². The molecular weight excluding hydrogens is 412 g/mol. The predicted molar refractivity (Wildman–Crippen MR) is 110 cm³/mol. The van der Waals surface area contributed by atoms with Crippen LogP contribution in [0.5, 0.6) is 0 Å². The number of rotatable bonds is 9. The number of hydrogen-bond donors (Lipinski definition) is 4.